The van der Waals surface area contributed by atoms with Crippen molar-refractivity contribution in [2.45, 2.75) is 25.2 Å². The summed E-state index contributed by atoms with van der Waals surface area (Å²) in [5.74, 6) is 0.524. The van der Waals surface area contributed by atoms with Crippen molar-refractivity contribution in [1.82, 2.24) is 0 Å². The molecule has 0 aliphatic heterocycles. The number of anilines is 5. The molecular weight excluding hydrogens is 785 g/mol. The van der Waals surface area contributed by atoms with Crippen molar-refractivity contribution < 1.29 is 0 Å². The number of allylic oxidation sites excluding steroid dienone is 3. The van der Waals surface area contributed by atoms with Crippen LogP contribution in [0.5, 0.6) is 0 Å². The maximum Gasteiger partial charge on any atom is 0.0464 e. The van der Waals surface area contributed by atoms with Gasteiger partial charge < -0.3 is 9.80 Å². The minimum Gasteiger partial charge on any atom is -0.311 e. The molecule has 2 aliphatic carbocycles. The molecule has 2 aliphatic rings. The lowest BCUT2D eigenvalue weighted by molar-refractivity contribution is 0.392. The van der Waals surface area contributed by atoms with Crippen molar-refractivity contribution in [3.8, 4) is 44.5 Å². The van der Waals surface area contributed by atoms with Crippen molar-refractivity contribution in [3.05, 3.63) is 272 Å². The smallest absolute Gasteiger partial charge is 0.0464 e. The summed E-state index contributed by atoms with van der Waals surface area (Å²) in [6, 6.07) is 85.8. The molecule has 0 heterocycles. The fourth-order valence-electron chi connectivity index (χ4n) is 10.1. The van der Waals surface area contributed by atoms with E-state index in [1.54, 1.807) is 0 Å². The summed E-state index contributed by atoms with van der Waals surface area (Å²) in [5.41, 5.74) is 19.2. The Kier molecular flexibility index (Phi) is 10.4. The van der Waals surface area contributed by atoms with Crippen molar-refractivity contribution in [3.63, 3.8) is 0 Å². The molecule has 2 atom stereocenters. The van der Waals surface area contributed by atoms with Crippen LogP contribution in [0.1, 0.15) is 30.9 Å². The summed E-state index contributed by atoms with van der Waals surface area (Å²) in [5, 5.41) is 0. The van der Waals surface area contributed by atoms with Gasteiger partial charge >= 0.3 is 0 Å². The zero-order valence-electron chi connectivity index (χ0n) is 36.8. The van der Waals surface area contributed by atoms with E-state index in [4.69, 9.17) is 0 Å². The van der Waals surface area contributed by atoms with E-state index in [0.29, 0.717) is 0 Å². The average molecular weight is 835 g/mol. The monoisotopic (exact) mass is 834 g/mol. The molecule has 0 spiro atoms. The zero-order valence-corrected chi connectivity index (χ0v) is 36.8. The number of nitrogens with zero attached hydrogens (tertiary/aromatic N) is 2. The zero-order chi connectivity index (χ0) is 43.7. The molecule has 0 amide bonds. The highest BCUT2D eigenvalue weighted by molar-refractivity contribution is 5.82. The summed E-state index contributed by atoms with van der Waals surface area (Å²) in [4.78, 5) is 4.85. The van der Waals surface area contributed by atoms with Crippen LogP contribution in [0.25, 0.3) is 44.5 Å². The first-order valence-electron chi connectivity index (χ1n) is 22.7. The Hall–Kier alpha value is -7.94. The fraction of sp³-hybridized carbons (Fsp3) is 0.0794. The van der Waals surface area contributed by atoms with Gasteiger partial charge in [0.05, 0.1) is 0 Å². The molecule has 2 heteroatoms. The van der Waals surface area contributed by atoms with Gasteiger partial charge in [-0.2, -0.15) is 0 Å². The highest BCUT2D eigenvalue weighted by Crippen LogP contribution is 2.55. The molecule has 0 saturated heterocycles. The highest BCUT2D eigenvalue weighted by atomic mass is 15.2. The number of benzene rings is 9. The van der Waals surface area contributed by atoms with Crippen molar-refractivity contribution in [2.24, 2.45) is 5.92 Å². The molecule has 9 aromatic carbocycles. The van der Waals surface area contributed by atoms with Crippen molar-refractivity contribution >= 4 is 28.4 Å². The van der Waals surface area contributed by atoms with Crippen LogP contribution in [0.4, 0.5) is 28.4 Å². The van der Waals surface area contributed by atoms with Gasteiger partial charge in [-0.05, 0) is 134 Å². The molecular formula is C63H50N2. The molecule has 65 heavy (non-hydrogen) atoms. The third-order valence-corrected chi connectivity index (χ3v) is 13.6. The Balaban J connectivity index is 0.963. The molecule has 0 N–H and O–H groups in total. The normalized spacial score (nSPS) is 15.7. The van der Waals surface area contributed by atoms with Crippen molar-refractivity contribution in [2.75, 3.05) is 9.80 Å². The van der Waals surface area contributed by atoms with E-state index >= 15 is 0 Å². The summed E-state index contributed by atoms with van der Waals surface area (Å²) >= 11 is 0. The van der Waals surface area contributed by atoms with E-state index in [1.807, 2.05) is 0 Å². The Morgan fingerprint density at radius 2 is 0.662 bits per heavy atom. The lowest BCUT2D eigenvalue weighted by Crippen LogP contribution is -2.28. The Morgan fingerprint density at radius 1 is 0.338 bits per heavy atom. The number of fused-ring (bicyclic) bond motifs is 3. The third kappa shape index (κ3) is 7.68. The van der Waals surface area contributed by atoms with Gasteiger partial charge in [0.2, 0.25) is 0 Å². The van der Waals surface area contributed by atoms with Crippen LogP contribution in [0.2, 0.25) is 0 Å². The highest BCUT2D eigenvalue weighted by Gasteiger charge is 2.46. The number of hydrogen-bond acceptors (Lipinski definition) is 2. The van der Waals surface area contributed by atoms with Gasteiger partial charge in [0.1, 0.15) is 0 Å². The second-order valence-corrected chi connectivity index (χ2v) is 17.8. The maximum absolute atomic E-state index is 2.54. The third-order valence-electron chi connectivity index (χ3n) is 13.6. The first-order chi connectivity index (χ1) is 32.0. The van der Waals surface area contributed by atoms with Gasteiger partial charge in [-0.25, -0.2) is 0 Å². The molecule has 0 radical (unpaired) electrons. The van der Waals surface area contributed by atoms with Crippen LogP contribution < -0.4 is 9.80 Å². The molecule has 2 unspecified atom stereocenters. The largest absolute Gasteiger partial charge is 0.311 e. The van der Waals surface area contributed by atoms with Crippen LogP contribution >= 0.6 is 0 Å². The summed E-state index contributed by atoms with van der Waals surface area (Å²) in [7, 11) is 0. The average Bonchev–Trinajstić information content (AvgIpc) is 3.60. The van der Waals surface area contributed by atoms with Gasteiger partial charge in [0.25, 0.3) is 0 Å². The lowest BCUT2D eigenvalue weighted by Gasteiger charge is -2.35. The molecule has 2 nitrogen and oxygen atoms in total. The second kappa shape index (κ2) is 17.0. The SMILES string of the molecule is CC1(C)c2cc(N(c3ccc(-c4ccccc4)cc3)c3ccc(-c4ccccc4)cc3)ccc2C2C=CC(N(c3ccc(-c4ccccc4)cc3)c3ccc(-c4ccccc4)cc3)=CC21. The minimum absolute atomic E-state index is 0.147. The molecule has 0 bridgehead atoms. The standard InChI is InChI=1S/C63H50N2/c1-63(2)61-43-57(64(53-31-23-49(24-32-53)45-15-7-3-8-16-45)54-33-25-50(26-34-54)46-17-9-4-10-18-46)39-41-59(61)60-42-40-58(44-62(60)63)65(55-35-27-51(28-36-55)47-19-11-5-12-20-47)56-37-29-52(30-38-56)48-21-13-6-14-22-48/h3-44,59,61H,1-2H3. The Labute approximate surface area is 383 Å². The van der Waals surface area contributed by atoms with Gasteiger partial charge in [0, 0.05) is 40.1 Å². The molecule has 312 valence electrons. The summed E-state index contributed by atoms with van der Waals surface area (Å²) in [6.07, 6.45) is 7.35. The Morgan fingerprint density at radius 3 is 1.03 bits per heavy atom. The quantitative estimate of drug-likeness (QED) is 0.135. The molecule has 0 saturated carbocycles. The van der Waals surface area contributed by atoms with Crippen LogP contribution in [-0.2, 0) is 5.41 Å². The lowest BCUT2D eigenvalue weighted by atomic mass is 9.74. The van der Waals surface area contributed by atoms with E-state index in [1.165, 1.54) is 61.3 Å². The predicted molar refractivity (Wildman–Crippen MR) is 274 cm³/mol. The molecule has 0 fully saturated rings. The second-order valence-electron chi connectivity index (χ2n) is 17.8. The maximum atomic E-state index is 2.54. The van der Waals surface area contributed by atoms with E-state index in [2.05, 4.69) is 278 Å². The topological polar surface area (TPSA) is 6.48 Å². The van der Waals surface area contributed by atoms with Crippen LogP contribution in [0.3, 0.4) is 0 Å². The van der Waals surface area contributed by atoms with Gasteiger partial charge in [-0.3, -0.25) is 0 Å². The van der Waals surface area contributed by atoms with Crippen LogP contribution in [0.15, 0.2) is 261 Å². The minimum atomic E-state index is -0.147. The molecule has 0 aromatic heterocycles. The van der Waals surface area contributed by atoms with Gasteiger partial charge in [-0.1, -0.05) is 202 Å². The first-order valence-corrected chi connectivity index (χ1v) is 22.7. The molecule has 11 rings (SSSR count). The van der Waals surface area contributed by atoms with Crippen LogP contribution in [-0.4, -0.2) is 0 Å². The summed E-state index contributed by atoms with van der Waals surface area (Å²) < 4.78 is 0. The van der Waals surface area contributed by atoms with E-state index in [9.17, 15) is 0 Å². The predicted octanol–water partition coefficient (Wildman–Crippen LogP) is 17.1. The van der Waals surface area contributed by atoms with Crippen molar-refractivity contribution in [1.29, 1.82) is 0 Å². The van der Waals surface area contributed by atoms with Gasteiger partial charge in [-0.15, -0.1) is 0 Å². The van der Waals surface area contributed by atoms with E-state index < -0.39 is 0 Å². The summed E-state index contributed by atoms with van der Waals surface area (Å²) in [6.45, 7) is 4.88. The molecule has 9 aromatic rings. The Bertz CT molecular complexity index is 2950. The number of hydrogen-bond donors (Lipinski definition) is 0. The van der Waals surface area contributed by atoms with E-state index in [0.717, 1.165) is 28.4 Å². The number of rotatable bonds is 10. The van der Waals surface area contributed by atoms with Gasteiger partial charge in [0.15, 0.2) is 0 Å². The van der Waals surface area contributed by atoms with Crippen LogP contribution in [0, 0.1) is 5.92 Å². The van der Waals surface area contributed by atoms with E-state index in [-0.39, 0.29) is 17.3 Å². The fourth-order valence-corrected chi connectivity index (χ4v) is 10.1. The first kappa shape index (κ1) is 39.9.